The summed E-state index contributed by atoms with van der Waals surface area (Å²) in [5.41, 5.74) is 19.3. The van der Waals surface area contributed by atoms with Gasteiger partial charge in [-0.15, -0.1) is 0 Å². The molecule has 1 aliphatic heterocycles. The smallest absolute Gasteiger partial charge is 0.141 e. The maximum absolute atomic E-state index is 5.59. The second-order valence-corrected chi connectivity index (χ2v) is 22.6. The van der Waals surface area contributed by atoms with Crippen LogP contribution in [0.25, 0.3) is 88.5 Å². The van der Waals surface area contributed by atoms with Gasteiger partial charge in [-0.1, -0.05) is 203 Å². The normalized spacial score (nSPS) is 15.9. The highest BCUT2D eigenvalue weighted by atomic mass is 15.1. The van der Waals surface area contributed by atoms with Crippen LogP contribution in [-0.2, 0) is 12.0 Å². The Morgan fingerprint density at radius 2 is 1.08 bits per heavy atom. The number of benzene rings is 9. The molecular weight excluding hydrogens is 883 g/mol. The minimum Gasteiger partial charge on any atom is -0.319 e. The molecule has 9 aromatic carbocycles. The molecule has 2 heterocycles. The number of hydrogen-bond acceptors (Lipinski definition) is 2. The van der Waals surface area contributed by atoms with Crippen molar-refractivity contribution in [3.63, 3.8) is 0 Å². The molecule has 1 aliphatic carbocycles. The minimum absolute atomic E-state index is 0.133. The second kappa shape index (κ2) is 18.6. The predicted octanol–water partition coefficient (Wildman–Crippen LogP) is 19.2. The summed E-state index contributed by atoms with van der Waals surface area (Å²) >= 11 is 0. The van der Waals surface area contributed by atoms with Crippen molar-refractivity contribution in [1.29, 1.82) is 0 Å². The summed E-state index contributed by atoms with van der Waals surface area (Å²) in [6.45, 7) is 13.8. The van der Waals surface area contributed by atoms with Crippen LogP contribution in [0.4, 0.5) is 5.69 Å². The summed E-state index contributed by atoms with van der Waals surface area (Å²) in [6.07, 6.45) is 13.3. The van der Waals surface area contributed by atoms with Crippen molar-refractivity contribution >= 4 is 44.0 Å². The quantitative estimate of drug-likeness (QED) is 0.140. The number of rotatable bonds is 8. The van der Waals surface area contributed by atoms with Crippen molar-refractivity contribution in [3.8, 4) is 55.9 Å². The van der Waals surface area contributed by atoms with Gasteiger partial charge in [0, 0.05) is 22.9 Å². The van der Waals surface area contributed by atoms with Crippen molar-refractivity contribution in [1.82, 2.24) is 9.55 Å². The number of fused-ring (bicyclic) bond motifs is 4. The minimum atomic E-state index is -0.133. The molecule has 2 atom stereocenters. The van der Waals surface area contributed by atoms with Gasteiger partial charge in [-0.05, 0) is 165 Å². The SMILES string of the molecule is CC(C)(C)CC1CCc2ccc(-c3ccc4c(-c5ccccc5)c5cc(-c6ccc(-c7ccc8c(c7)nc(-c7ccccc7)n8C(C)(C)C)cc6)ccc5c(C5C=CC=CC5)c4c3)cc2N=C1c1ccccc1. The van der Waals surface area contributed by atoms with Gasteiger partial charge in [0.1, 0.15) is 5.82 Å². The van der Waals surface area contributed by atoms with Crippen LogP contribution in [0.5, 0.6) is 0 Å². The molecule has 73 heavy (non-hydrogen) atoms. The number of hydrogen-bond donors (Lipinski definition) is 0. The molecule has 0 N–H and O–H groups in total. The maximum atomic E-state index is 5.59. The standard InChI is InChI=1S/C70H63N3/c1-69(2,3)45-57-34-32-48-31-33-56(43-62(48)71-67(57)51-23-15-9-16-24-51)54-36-39-59-61(42-54)66(50-21-13-8-14-22-50)58-38-35-53(41-60(58)65(59)49-19-11-7-12-20-49)46-27-29-47(30-28-46)55-37-40-64-63(44-55)72-68(73(64)70(4,5)6)52-25-17-10-18-26-52/h7-21,23-31,33,35-44,50,57H,22,32,34,45H2,1-6H3. The Hall–Kier alpha value is -7.88. The third kappa shape index (κ3) is 8.97. The lowest BCUT2D eigenvalue weighted by Gasteiger charge is -2.26. The molecule has 0 radical (unpaired) electrons. The van der Waals surface area contributed by atoms with Crippen LogP contribution in [0.15, 0.2) is 217 Å². The fourth-order valence-corrected chi connectivity index (χ4v) is 11.9. The third-order valence-corrected chi connectivity index (χ3v) is 15.2. The lowest BCUT2D eigenvalue weighted by molar-refractivity contribution is 0.328. The number of aryl methyl sites for hydroxylation is 1. The van der Waals surface area contributed by atoms with E-state index in [4.69, 9.17) is 9.98 Å². The molecule has 2 aliphatic rings. The average Bonchev–Trinajstić information content (AvgIpc) is 3.73. The van der Waals surface area contributed by atoms with E-state index in [0.717, 1.165) is 59.4 Å². The summed E-state index contributed by atoms with van der Waals surface area (Å²) in [7, 11) is 0. The molecule has 0 saturated heterocycles. The fourth-order valence-electron chi connectivity index (χ4n) is 11.9. The molecule has 0 spiro atoms. The number of aromatic nitrogens is 2. The number of allylic oxidation sites excluding steroid dienone is 4. The van der Waals surface area contributed by atoms with Crippen LogP contribution in [0.2, 0.25) is 0 Å². The Kier molecular flexibility index (Phi) is 11.8. The molecule has 0 fully saturated rings. The van der Waals surface area contributed by atoms with Crippen molar-refractivity contribution < 1.29 is 0 Å². The highest BCUT2D eigenvalue weighted by Crippen LogP contribution is 2.47. The van der Waals surface area contributed by atoms with E-state index in [1.54, 1.807) is 0 Å². The molecule has 2 unspecified atom stereocenters. The van der Waals surface area contributed by atoms with E-state index in [9.17, 15) is 0 Å². The van der Waals surface area contributed by atoms with Gasteiger partial charge >= 0.3 is 0 Å². The molecule has 0 saturated carbocycles. The maximum Gasteiger partial charge on any atom is 0.141 e. The molecule has 3 nitrogen and oxygen atoms in total. The van der Waals surface area contributed by atoms with E-state index >= 15 is 0 Å². The highest BCUT2D eigenvalue weighted by Gasteiger charge is 2.28. The van der Waals surface area contributed by atoms with Crippen LogP contribution < -0.4 is 0 Å². The lowest BCUT2D eigenvalue weighted by Crippen LogP contribution is -2.22. The van der Waals surface area contributed by atoms with Crippen molar-refractivity contribution in [3.05, 3.63) is 229 Å². The van der Waals surface area contributed by atoms with E-state index in [2.05, 4.69) is 258 Å². The van der Waals surface area contributed by atoms with Crippen molar-refractivity contribution in [2.75, 3.05) is 0 Å². The average molecular weight is 946 g/mol. The van der Waals surface area contributed by atoms with Crippen molar-refractivity contribution in [2.45, 2.75) is 78.7 Å². The molecule has 0 bridgehead atoms. The zero-order valence-corrected chi connectivity index (χ0v) is 43.0. The molecule has 12 rings (SSSR count). The van der Waals surface area contributed by atoms with E-state index in [0.29, 0.717) is 5.92 Å². The zero-order chi connectivity index (χ0) is 49.8. The first-order chi connectivity index (χ1) is 35.4. The first kappa shape index (κ1) is 46.2. The van der Waals surface area contributed by atoms with Gasteiger partial charge in [0.2, 0.25) is 0 Å². The van der Waals surface area contributed by atoms with Gasteiger partial charge in [-0.3, -0.25) is 4.99 Å². The van der Waals surface area contributed by atoms with Crippen LogP contribution in [-0.4, -0.2) is 15.3 Å². The number of nitrogens with zero attached hydrogens (tertiary/aromatic N) is 3. The molecule has 358 valence electrons. The second-order valence-electron chi connectivity index (χ2n) is 22.6. The van der Waals surface area contributed by atoms with Crippen LogP contribution >= 0.6 is 0 Å². The lowest BCUT2D eigenvalue weighted by atomic mass is 9.79. The first-order valence-corrected chi connectivity index (χ1v) is 26.3. The monoisotopic (exact) mass is 946 g/mol. The highest BCUT2D eigenvalue weighted by molar-refractivity contribution is 6.17. The summed E-state index contributed by atoms with van der Waals surface area (Å²) in [4.78, 5) is 10.8. The Labute approximate surface area is 431 Å². The topological polar surface area (TPSA) is 30.2 Å². The zero-order valence-electron chi connectivity index (χ0n) is 43.0. The molecule has 3 heteroatoms. The molecule has 1 aromatic heterocycles. The first-order valence-electron chi connectivity index (χ1n) is 26.3. The summed E-state index contributed by atoms with van der Waals surface area (Å²) in [6, 6.07) is 69.8. The van der Waals surface area contributed by atoms with E-state index in [1.165, 1.54) is 82.9 Å². The fraction of sp³-hybridized carbons (Fsp3) is 0.200. The Morgan fingerprint density at radius 1 is 0.507 bits per heavy atom. The van der Waals surface area contributed by atoms with Gasteiger partial charge in [-0.25, -0.2) is 4.98 Å². The van der Waals surface area contributed by atoms with E-state index in [1.807, 2.05) is 0 Å². The van der Waals surface area contributed by atoms with Gasteiger partial charge in [-0.2, -0.15) is 0 Å². The van der Waals surface area contributed by atoms with Crippen LogP contribution in [0, 0.1) is 11.3 Å². The number of imidazole rings is 1. The summed E-state index contributed by atoms with van der Waals surface area (Å²) < 4.78 is 2.37. The Morgan fingerprint density at radius 3 is 1.74 bits per heavy atom. The largest absolute Gasteiger partial charge is 0.319 e. The molecule has 0 amide bonds. The Bertz CT molecular complexity index is 3780. The van der Waals surface area contributed by atoms with Crippen LogP contribution in [0.3, 0.4) is 0 Å². The van der Waals surface area contributed by atoms with E-state index in [-0.39, 0.29) is 16.9 Å². The number of aliphatic imine (C=N–C) groups is 1. The molecular formula is C70H63N3. The van der Waals surface area contributed by atoms with Gasteiger partial charge in [0.05, 0.1) is 22.4 Å². The van der Waals surface area contributed by atoms with Crippen molar-refractivity contribution in [2.24, 2.45) is 16.3 Å². The van der Waals surface area contributed by atoms with E-state index < -0.39 is 0 Å². The van der Waals surface area contributed by atoms with Gasteiger partial charge < -0.3 is 4.57 Å². The van der Waals surface area contributed by atoms with Crippen LogP contribution in [0.1, 0.15) is 83.4 Å². The van der Waals surface area contributed by atoms with Gasteiger partial charge in [0.15, 0.2) is 0 Å². The summed E-state index contributed by atoms with van der Waals surface area (Å²) in [5, 5.41) is 5.16. The van der Waals surface area contributed by atoms with Gasteiger partial charge in [0.25, 0.3) is 0 Å². The summed E-state index contributed by atoms with van der Waals surface area (Å²) in [5.74, 6) is 1.63. The molecule has 10 aromatic rings. The predicted molar refractivity (Wildman–Crippen MR) is 311 cm³/mol. The third-order valence-electron chi connectivity index (χ3n) is 15.2. The Balaban J connectivity index is 0.966.